The standard InChI is InChI=1S/C13H30N4/c1-9-15(6)13(12(4,5)14,16(7)10-2)17(8)11-3/h9-11H2,1-8H3. The molecule has 0 aliphatic carbocycles. The Morgan fingerprint density at radius 2 is 1.00 bits per heavy atom. The van der Waals surface area contributed by atoms with E-state index in [9.17, 15) is 5.73 Å². The minimum atomic E-state index is -0.840. The Kier molecular flexibility index (Phi) is 6.08. The Morgan fingerprint density at radius 1 is 0.765 bits per heavy atom. The van der Waals surface area contributed by atoms with Gasteiger partial charge in [-0.1, -0.05) is 20.8 Å². The van der Waals surface area contributed by atoms with E-state index in [4.69, 9.17) is 0 Å². The first kappa shape index (κ1) is 16.8. The Bertz CT molecular complexity index is 195. The number of rotatable bonds is 7. The van der Waals surface area contributed by atoms with Crippen molar-refractivity contribution in [3.63, 3.8) is 0 Å². The van der Waals surface area contributed by atoms with E-state index in [-0.39, 0.29) is 0 Å². The van der Waals surface area contributed by atoms with Crippen molar-refractivity contribution in [2.24, 2.45) is 0 Å². The number of likely N-dealkylation sites (N-methyl/N-ethyl adjacent to an activating group) is 3. The molecular formula is C13H30N4. The minimum absolute atomic E-state index is 0.481. The first-order valence-corrected chi connectivity index (χ1v) is 6.56. The van der Waals surface area contributed by atoms with Crippen LogP contribution in [0.25, 0.3) is 0 Å². The van der Waals surface area contributed by atoms with Gasteiger partial charge in [0.15, 0.2) is 5.79 Å². The van der Waals surface area contributed by atoms with Gasteiger partial charge in [-0.05, 0) is 54.6 Å². The zero-order valence-corrected chi connectivity index (χ0v) is 12.9. The molecule has 0 N–H and O–H groups in total. The maximum absolute atomic E-state index is 10.7. The quantitative estimate of drug-likeness (QED) is 0.632. The second-order valence-electron chi connectivity index (χ2n) is 5.24. The van der Waals surface area contributed by atoms with Gasteiger partial charge in [0.2, 0.25) is 0 Å². The molecule has 0 amide bonds. The van der Waals surface area contributed by atoms with E-state index < -0.39 is 11.3 Å². The minimum Gasteiger partial charge on any atom is -0.275 e. The van der Waals surface area contributed by atoms with Gasteiger partial charge in [-0.25, -0.2) is 0 Å². The van der Waals surface area contributed by atoms with Crippen molar-refractivity contribution in [2.45, 2.75) is 45.9 Å². The molecular weight excluding hydrogens is 212 g/mol. The molecule has 0 saturated carbocycles. The lowest BCUT2D eigenvalue weighted by molar-refractivity contribution is -0.177. The maximum Gasteiger partial charge on any atom is 0.151 e. The lowest BCUT2D eigenvalue weighted by Gasteiger charge is -2.58. The van der Waals surface area contributed by atoms with Crippen molar-refractivity contribution in [3.05, 3.63) is 0 Å². The van der Waals surface area contributed by atoms with Gasteiger partial charge in [0, 0.05) is 0 Å². The Morgan fingerprint density at radius 3 is 1.12 bits per heavy atom. The maximum atomic E-state index is 10.7. The second kappa shape index (κ2) is 6.14. The molecule has 4 heteroatoms. The number of hydrogen-bond donors (Lipinski definition) is 0. The molecule has 0 atom stereocenters. The summed E-state index contributed by atoms with van der Waals surface area (Å²) in [7, 11) is 6.20. The summed E-state index contributed by atoms with van der Waals surface area (Å²) in [4.78, 5) is 6.62. The van der Waals surface area contributed by atoms with Crippen molar-refractivity contribution in [1.29, 1.82) is 0 Å². The third kappa shape index (κ3) is 2.81. The SMILES string of the molecule is CCN(C)C(N(C)CC)(N(C)CC)C(C)(C)[N]. The van der Waals surface area contributed by atoms with Crippen molar-refractivity contribution < 1.29 is 0 Å². The topological polar surface area (TPSA) is 32.0 Å². The smallest absolute Gasteiger partial charge is 0.151 e. The fraction of sp³-hybridized carbons (Fsp3) is 1.00. The van der Waals surface area contributed by atoms with Gasteiger partial charge in [0.25, 0.3) is 0 Å². The fourth-order valence-electron chi connectivity index (χ4n) is 2.94. The van der Waals surface area contributed by atoms with Crippen molar-refractivity contribution >= 4 is 0 Å². The molecule has 0 rings (SSSR count). The summed E-state index contributed by atoms with van der Waals surface area (Å²) in [5.41, 5.74) is 9.87. The summed E-state index contributed by atoms with van der Waals surface area (Å²) in [6.07, 6.45) is 0. The average Bonchev–Trinajstić information content (AvgIpc) is 2.26. The molecule has 0 unspecified atom stereocenters. The average molecular weight is 242 g/mol. The molecule has 17 heavy (non-hydrogen) atoms. The third-order valence-electron chi connectivity index (χ3n) is 3.84. The van der Waals surface area contributed by atoms with Crippen molar-refractivity contribution in [3.8, 4) is 0 Å². The van der Waals surface area contributed by atoms with Crippen LogP contribution in [0.2, 0.25) is 0 Å². The monoisotopic (exact) mass is 242 g/mol. The van der Waals surface area contributed by atoms with Crippen molar-refractivity contribution in [2.75, 3.05) is 40.8 Å². The van der Waals surface area contributed by atoms with E-state index in [1.54, 1.807) is 0 Å². The molecule has 0 spiro atoms. The zero-order valence-electron chi connectivity index (χ0n) is 12.9. The summed E-state index contributed by atoms with van der Waals surface area (Å²) in [5, 5.41) is 0. The molecule has 0 aromatic heterocycles. The molecule has 2 radical (unpaired) electrons. The fourth-order valence-corrected chi connectivity index (χ4v) is 2.94. The molecule has 0 aromatic rings. The molecule has 0 fully saturated rings. The van der Waals surface area contributed by atoms with Crippen LogP contribution in [0.5, 0.6) is 0 Å². The highest BCUT2D eigenvalue weighted by molar-refractivity contribution is 5.01. The highest BCUT2D eigenvalue weighted by atomic mass is 15.6. The van der Waals surface area contributed by atoms with Crippen LogP contribution in [0.15, 0.2) is 0 Å². The highest BCUT2D eigenvalue weighted by Crippen LogP contribution is 2.32. The van der Waals surface area contributed by atoms with E-state index in [1.165, 1.54) is 0 Å². The summed E-state index contributed by atoms with van der Waals surface area (Å²) in [5.74, 6) is -0.481. The first-order valence-electron chi connectivity index (χ1n) is 6.56. The summed E-state index contributed by atoms with van der Waals surface area (Å²) in [6, 6.07) is 0. The number of hydrogen-bond acceptors (Lipinski definition) is 3. The summed E-state index contributed by atoms with van der Waals surface area (Å²) >= 11 is 0. The van der Waals surface area contributed by atoms with Gasteiger partial charge >= 0.3 is 0 Å². The predicted octanol–water partition coefficient (Wildman–Crippen LogP) is 1.34. The summed E-state index contributed by atoms with van der Waals surface area (Å²) in [6.45, 7) is 12.8. The van der Waals surface area contributed by atoms with Gasteiger partial charge in [-0.2, -0.15) is 0 Å². The Labute approximate surface area is 108 Å². The largest absolute Gasteiger partial charge is 0.275 e. The van der Waals surface area contributed by atoms with E-state index in [0.717, 1.165) is 19.6 Å². The van der Waals surface area contributed by atoms with E-state index in [0.29, 0.717) is 0 Å². The van der Waals surface area contributed by atoms with Crippen LogP contribution < -0.4 is 5.73 Å². The van der Waals surface area contributed by atoms with Gasteiger partial charge in [0.05, 0.1) is 5.54 Å². The van der Waals surface area contributed by atoms with Crippen LogP contribution in [0.1, 0.15) is 34.6 Å². The van der Waals surface area contributed by atoms with Crippen LogP contribution in [-0.2, 0) is 0 Å². The molecule has 102 valence electrons. The normalized spacial score (nSPS) is 14.1. The van der Waals surface area contributed by atoms with Gasteiger partial charge < -0.3 is 0 Å². The lowest BCUT2D eigenvalue weighted by atomic mass is 9.91. The van der Waals surface area contributed by atoms with E-state index in [2.05, 4.69) is 56.6 Å². The van der Waals surface area contributed by atoms with Gasteiger partial charge in [-0.15, -0.1) is 5.73 Å². The van der Waals surface area contributed by atoms with Crippen LogP contribution in [0.4, 0.5) is 0 Å². The molecule has 0 aliphatic heterocycles. The first-order chi connectivity index (χ1) is 7.69. The van der Waals surface area contributed by atoms with Crippen LogP contribution in [0, 0.1) is 0 Å². The molecule has 0 aromatic carbocycles. The number of nitrogens with zero attached hydrogens (tertiary/aromatic N) is 4. The second-order valence-corrected chi connectivity index (χ2v) is 5.24. The van der Waals surface area contributed by atoms with Crippen LogP contribution in [-0.4, -0.2) is 66.8 Å². The van der Waals surface area contributed by atoms with E-state index >= 15 is 0 Å². The van der Waals surface area contributed by atoms with Crippen molar-refractivity contribution in [1.82, 2.24) is 20.4 Å². The molecule has 4 nitrogen and oxygen atoms in total. The van der Waals surface area contributed by atoms with Crippen LogP contribution >= 0.6 is 0 Å². The third-order valence-corrected chi connectivity index (χ3v) is 3.84. The summed E-state index contributed by atoms with van der Waals surface area (Å²) < 4.78 is 0. The molecule has 0 heterocycles. The predicted molar refractivity (Wildman–Crippen MR) is 73.9 cm³/mol. The zero-order chi connectivity index (χ0) is 13.9. The Hall–Kier alpha value is -0.160. The van der Waals surface area contributed by atoms with E-state index in [1.807, 2.05) is 13.8 Å². The lowest BCUT2D eigenvalue weighted by Crippen LogP contribution is -2.77. The molecule has 0 saturated heterocycles. The van der Waals surface area contributed by atoms with Crippen LogP contribution in [0.3, 0.4) is 0 Å². The van der Waals surface area contributed by atoms with Gasteiger partial charge in [0.1, 0.15) is 0 Å². The Balaban J connectivity index is 5.71. The molecule has 0 aliphatic rings. The molecule has 0 bridgehead atoms. The van der Waals surface area contributed by atoms with Gasteiger partial charge in [-0.3, -0.25) is 14.7 Å². The highest BCUT2D eigenvalue weighted by Gasteiger charge is 2.52.